The molecule has 1 heterocycles. The van der Waals surface area contributed by atoms with E-state index in [1.54, 1.807) is 6.08 Å². The van der Waals surface area contributed by atoms with Gasteiger partial charge in [-0.15, -0.1) is 0 Å². The van der Waals surface area contributed by atoms with Crippen molar-refractivity contribution in [1.29, 1.82) is 0 Å². The van der Waals surface area contributed by atoms with E-state index in [4.69, 9.17) is 0 Å². The number of carbonyl (C=O) groups excluding carboxylic acids is 1. The fourth-order valence-corrected chi connectivity index (χ4v) is 1.63. The summed E-state index contributed by atoms with van der Waals surface area (Å²) in [6.45, 7) is 0. The van der Waals surface area contributed by atoms with Crippen LogP contribution >= 0.6 is 15.9 Å². The fourth-order valence-electron chi connectivity index (χ4n) is 1.28. The molecule has 3 heteroatoms. The number of hydrogen-bond acceptors (Lipinski definition) is 2. The van der Waals surface area contributed by atoms with Gasteiger partial charge in [0.05, 0.1) is 0 Å². The van der Waals surface area contributed by atoms with E-state index in [1.807, 2.05) is 30.3 Å². The first-order valence-corrected chi connectivity index (χ1v) is 4.74. The molecule has 13 heavy (non-hydrogen) atoms. The summed E-state index contributed by atoms with van der Waals surface area (Å²) in [6.07, 6.45) is 4.55. The Morgan fingerprint density at radius 2 is 2.15 bits per heavy atom. The number of benzene rings is 1. The van der Waals surface area contributed by atoms with Crippen LogP contribution in [-0.2, 0) is 4.79 Å². The van der Waals surface area contributed by atoms with E-state index in [0.717, 1.165) is 17.5 Å². The molecule has 0 radical (unpaired) electrons. The lowest BCUT2D eigenvalue weighted by Crippen LogP contribution is -2.32. The molecule has 2 rings (SSSR count). The van der Waals surface area contributed by atoms with Crippen molar-refractivity contribution in [2.24, 2.45) is 0 Å². The molecule has 0 aliphatic carbocycles. The Balaban J connectivity index is 2.44. The van der Waals surface area contributed by atoms with Crippen molar-refractivity contribution in [1.82, 2.24) is 0 Å². The van der Waals surface area contributed by atoms with Gasteiger partial charge in [-0.25, -0.2) is 0 Å². The van der Waals surface area contributed by atoms with Crippen molar-refractivity contribution in [2.75, 3.05) is 5.32 Å². The minimum Gasteiger partial charge on any atom is -0.361 e. The van der Waals surface area contributed by atoms with E-state index >= 15 is 0 Å². The van der Waals surface area contributed by atoms with Crippen LogP contribution < -0.4 is 5.32 Å². The molecular weight excluding hydrogens is 230 g/mol. The maximum absolute atomic E-state index is 10.7. The number of fused-ring (bicyclic) bond motifs is 1. The monoisotopic (exact) mass is 237 g/mol. The number of alkyl halides is 1. The highest BCUT2D eigenvalue weighted by Gasteiger charge is 2.25. The molecule has 0 aromatic heterocycles. The highest BCUT2D eigenvalue weighted by molar-refractivity contribution is 9.10. The zero-order valence-electron chi connectivity index (χ0n) is 6.83. The summed E-state index contributed by atoms with van der Waals surface area (Å²) >= 11 is 3.30. The Morgan fingerprint density at radius 3 is 2.92 bits per heavy atom. The summed E-state index contributed by atoms with van der Waals surface area (Å²) < 4.78 is -0.735. The molecule has 1 aromatic carbocycles. The van der Waals surface area contributed by atoms with Crippen LogP contribution in [0.15, 0.2) is 30.3 Å². The maximum atomic E-state index is 10.7. The largest absolute Gasteiger partial charge is 0.361 e. The van der Waals surface area contributed by atoms with Gasteiger partial charge in [-0.2, -0.15) is 0 Å². The smallest absolute Gasteiger partial charge is 0.168 e. The fraction of sp³-hybridized carbons (Fsp3) is 0.100. The van der Waals surface area contributed by atoms with Gasteiger partial charge in [0.15, 0.2) is 10.7 Å². The number of hydrogen-bond donors (Lipinski definition) is 1. The molecule has 1 aliphatic rings. The van der Waals surface area contributed by atoms with E-state index in [-0.39, 0.29) is 0 Å². The third-order valence-electron chi connectivity index (χ3n) is 1.96. The number of nitrogens with one attached hydrogen (secondary N) is 1. The van der Waals surface area contributed by atoms with Crippen LogP contribution in [0.25, 0.3) is 6.08 Å². The van der Waals surface area contributed by atoms with Crippen LogP contribution in [-0.4, -0.2) is 10.7 Å². The van der Waals surface area contributed by atoms with E-state index in [1.165, 1.54) is 0 Å². The summed E-state index contributed by atoms with van der Waals surface area (Å²) in [5.74, 6) is 0. The average Bonchev–Trinajstić information content (AvgIpc) is 2.18. The molecule has 1 N–H and O–H groups in total. The van der Waals surface area contributed by atoms with Crippen molar-refractivity contribution in [2.45, 2.75) is 4.45 Å². The Kier molecular flexibility index (Phi) is 1.96. The molecule has 0 amide bonds. The number of halogens is 1. The Morgan fingerprint density at radius 1 is 1.38 bits per heavy atom. The second-order valence-electron chi connectivity index (χ2n) is 2.93. The SMILES string of the molecule is O=CC1(Br)C=Cc2ccccc2N1. The van der Waals surface area contributed by atoms with Gasteiger partial charge >= 0.3 is 0 Å². The minimum absolute atomic E-state index is 0.735. The average molecular weight is 238 g/mol. The summed E-state index contributed by atoms with van der Waals surface area (Å²) in [6, 6.07) is 7.84. The Hall–Kier alpha value is -1.09. The maximum Gasteiger partial charge on any atom is 0.168 e. The molecule has 0 bridgehead atoms. The molecule has 2 nitrogen and oxygen atoms in total. The number of carbonyl (C=O) groups is 1. The number of rotatable bonds is 1. The number of anilines is 1. The molecule has 1 aromatic rings. The number of aldehydes is 1. The summed E-state index contributed by atoms with van der Waals surface area (Å²) in [5.41, 5.74) is 2.06. The van der Waals surface area contributed by atoms with Crippen LogP contribution in [0.3, 0.4) is 0 Å². The Bertz CT molecular complexity index is 375. The zero-order chi connectivity index (χ0) is 9.31. The van der Waals surface area contributed by atoms with Crippen molar-refractivity contribution in [3.8, 4) is 0 Å². The summed E-state index contributed by atoms with van der Waals surface area (Å²) in [4.78, 5) is 10.7. The molecule has 0 saturated heterocycles. The van der Waals surface area contributed by atoms with Crippen molar-refractivity contribution >= 4 is 34.0 Å². The van der Waals surface area contributed by atoms with Crippen LogP contribution in [0.5, 0.6) is 0 Å². The standard InChI is InChI=1S/C10H8BrNO/c11-10(7-13)6-5-8-3-1-2-4-9(8)12-10/h1-7,12H. The van der Waals surface area contributed by atoms with Crippen LogP contribution in [0.1, 0.15) is 5.56 Å². The van der Waals surface area contributed by atoms with Crippen LogP contribution in [0.4, 0.5) is 5.69 Å². The van der Waals surface area contributed by atoms with E-state index in [9.17, 15) is 4.79 Å². The third kappa shape index (κ3) is 1.52. The molecule has 1 unspecified atom stereocenters. The van der Waals surface area contributed by atoms with Gasteiger partial charge in [-0.3, -0.25) is 4.79 Å². The van der Waals surface area contributed by atoms with E-state index < -0.39 is 4.45 Å². The van der Waals surface area contributed by atoms with E-state index in [0.29, 0.717) is 0 Å². The van der Waals surface area contributed by atoms with Gasteiger partial charge in [-0.1, -0.05) is 24.3 Å². The first-order chi connectivity index (χ1) is 6.23. The quantitative estimate of drug-likeness (QED) is 0.462. The van der Waals surface area contributed by atoms with E-state index in [2.05, 4.69) is 21.2 Å². The van der Waals surface area contributed by atoms with Crippen LogP contribution in [0.2, 0.25) is 0 Å². The molecule has 0 saturated carbocycles. The second-order valence-corrected chi connectivity index (χ2v) is 4.24. The third-order valence-corrected chi connectivity index (χ3v) is 2.61. The van der Waals surface area contributed by atoms with Gasteiger partial charge in [-0.05, 0) is 33.6 Å². The van der Waals surface area contributed by atoms with Gasteiger partial charge in [0.25, 0.3) is 0 Å². The molecule has 0 fully saturated rings. The zero-order valence-corrected chi connectivity index (χ0v) is 8.41. The van der Waals surface area contributed by atoms with Crippen molar-refractivity contribution in [3.05, 3.63) is 35.9 Å². The highest BCUT2D eigenvalue weighted by Crippen LogP contribution is 2.30. The van der Waals surface area contributed by atoms with Gasteiger partial charge in [0.1, 0.15) is 0 Å². The first-order valence-electron chi connectivity index (χ1n) is 3.95. The highest BCUT2D eigenvalue weighted by atomic mass is 79.9. The first kappa shape index (κ1) is 8.51. The van der Waals surface area contributed by atoms with Crippen molar-refractivity contribution < 1.29 is 4.79 Å². The van der Waals surface area contributed by atoms with Gasteiger partial charge in [0, 0.05) is 5.69 Å². The lowest BCUT2D eigenvalue weighted by atomic mass is 10.1. The minimum atomic E-state index is -0.735. The molecule has 66 valence electrons. The lowest BCUT2D eigenvalue weighted by molar-refractivity contribution is -0.108. The number of para-hydroxylation sites is 1. The molecule has 0 spiro atoms. The molecular formula is C10H8BrNO. The summed E-state index contributed by atoms with van der Waals surface area (Å²) in [5, 5.41) is 3.08. The molecule has 1 aliphatic heterocycles. The Labute approximate surface area is 84.8 Å². The predicted molar refractivity (Wildman–Crippen MR) is 56.8 cm³/mol. The normalized spacial score (nSPS) is 24.7. The molecule has 1 atom stereocenters. The summed E-state index contributed by atoms with van der Waals surface area (Å²) in [7, 11) is 0. The van der Waals surface area contributed by atoms with Gasteiger partial charge in [0.2, 0.25) is 0 Å². The van der Waals surface area contributed by atoms with Crippen LogP contribution in [0, 0.1) is 0 Å². The second kappa shape index (κ2) is 3.00. The van der Waals surface area contributed by atoms with Gasteiger partial charge < -0.3 is 5.32 Å². The predicted octanol–water partition coefficient (Wildman–Crippen LogP) is 2.42. The van der Waals surface area contributed by atoms with Crippen molar-refractivity contribution in [3.63, 3.8) is 0 Å². The lowest BCUT2D eigenvalue weighted by Gasteiger charge is -2.25. The topological polar surface area (TPSA) is 29.1 Å².